The fourth-order valence-corrected chi connectivity index (χ4v) is 3.55. The number of rotatable bonds is 6. The van der Waals surface area contributed by atoms with E-state index in [2.05, 4.69) is 15.3 Å². The smallest absolute Gasteiger partial charge is 0.279 e. The molecule has 1 atom stereocenters. The minimum Gasteiger partial charge on any atom is -0.324 e. The van der Waals surface area contributed by atoms with Crippen molar-refractivity contribution in [1.82, 2.24) is 9.97 Å². The molecule has 1 N–H and O–H groups in total. The van der Waals surface area contributed by atoms with E-state index in [4.69, 9.17) is 11.6 Å². The van der Waals surface area contributed by atoms with Crippen LogP contribution in [0, 0.1) is 12.7 Å². The van der Waals surface area contributed by atoms with E-state index in [9.17, 15) is 14.0 Å². The predicted molar refractivity (Wildman–Crippen MR) is 129 cm³/mol. The lowest BCUT2D eigenvalue weighted by Gasteiger charge is -2.31. The number of hydrogen-bond donors (Lipinski definition) is 1. The van der Waals surface area contributed by atoms with Crippen LogP contribution in [0.4, 0.5) is 15.8 Å². The molecule has 0 unspecified atom stereocenters. The number of nitrogens with one attached hydrogen (secondary N) is 1. The van der Waals surface area contributed by atoms with Crippen molar-refractivity contribution in [3.63, 3.8) is 0 Å². The molecule has 4 rings (SSSR count). The van der Waals surface area contributed by atoms with Gasteiger partial charge in [-0.25, -0.2) is 9.37 Å². The van der Waals surface area contributed by atoms with Gasteiger partial charge in [0.15, 0.2) is 0 Å². The molecule has 0 bridgehead atoms. The summed E-state index contributed by atoms with van der Waals surface area (Å²) >= 11 is 6.07. The summed E-state index contributed by atoms with van der Waals surface area (Å²) in [5, 5.41) is 3.27. The molecule has 1 heterocycles. The van der Waals surface area contributed by atoms with E-state index in [1.165, 1.54) is 47.8 Å². The van der Waals surface area contributed by atoms with Gasteiger partial charge in [0, 0.05) is 28.8 Å². The number of amides is 2. The first-order valence-corrected chi connectivity index (χ1v) is 10.8. The van der Waals surface area contributed by atoms with Gasteiger partial charge in [-0.15, -0.1) is 0 Å². The fourth-order valence-electron chi connectivity index (χ4n) is 3.43. The molecule has 0 saturated heterocycles. The average Bonchev–Trinajstić information content (AvgIpc) is 2.85. The molecule has 0 aliphatic carbocycles. The van der Waals surface area contributed by atoms with Crippen molar-refractivity contribution >= 4 is 34.8 Å². The number of hydrogen-bond acceptors (Lipinski definition) is 4. The molecule has 170 valence electrons. The summed E-state index contributed by atoms with van der Waals surface area (Å²) in [6, 6.07) is 18.2. The van der Waals surface area contributed by atoms with Crippen LogP contribution in [-0.2, 0) is 4.79 Å². The van der Waals surface area contributed by atoms with Gasteiger partial charge in [0.2, 0.25) is 0 Å². The van der Waals surface area contributed by atoms with Crippen molar-refractivity contribution in [3.05, 3.63) is 119 Å². The Balaban J connectivity index is 1.83. The number of carbonyl (C=O) groups excluding carboxylic acids is 2. The van der Waals surface area contributed by atoms with Gasteiger partial charge in [-0.05, 0) is 61.0 Å². The first-order valence-electron chi connectivity index (χ1n) is 10.4. The second-order valence-corrected chi connectivity index (χ2v) is 7.99. The largest absolute Gasteiger partial charge is 0.324 e. The SMILES string of the molecule is Cc1ccc([C@@H](C(=O)Nc2ccc(F)cc2)N(C(=O)c2cnccn2)c2ccc(Cl)cc2)cc1. The van der Waals surface area contributed by atoms with Crippen LogP contribution in [0.2, 0.25) is 5.02 Å². The monoisotopic (exact) mass is 474 g/mol. The Morgan fingerprint density at radius 1 is 0.941 bits per heavy atom. The van der Waals surface area contributed by atoms with Crippen LogP contribution >= 0.6 is 11.6 Å². The highest BCUT2D eigenvalue weighted by molar-refractivity contribution is 6.30. The molecular formula is C26H20ClFN4O2. The van der Waals surface area contributed by atoms with E-state index >= 15 is 0 Å². The lowest BCUT2D eigenvalue weighted by atomic mass is 10.0. The second kappa shape index (κ2) is 10.2. The zero-order valence-corrected chi connectivity index (χ0v) is 18.9. The summed E-state index contributed by atoms with van der Waals surface area (Å²) in [4.78, 5) is 36.8. The molecule has 34 heavy (non-hydrogen) atoms. The van der Waals surface area contributed by atoms with Gasteiger partial charge in [-0.1, -0.05) is 41.4 Å². The lowest BCUT2D eigenvalue weighted by Crippen LogP contribution is -2.42. The van der Waals surface area contributed by atoms with Crippen LogP contribution in [0.3, 0.4) is 0 Å². The topological polar surface area (TPSA) is 75.2 Å². The molecule has 0 spiro atoms. The van der Waals surface area contributed by atoms with Gasteiger partial charge in [0.05, 0.1) is 6.20 Å². The van der Waals surface area contributed by atoms with Crippen molar-refractivity contribution < 1.29 is 14.0 Å². The molecule has 6 nitrogen and oxygen atoms in total. The minimum absolute atomic E-state index is 0.0733. The zero-order chi connectivity index (χ0) is 24.1. The number of aromatic nitrogens is 2. The van der Waals surface area contributed by atoms with Gasteiger partial charge in [0.25, 0.3) is 11.8 Å². The van der Waals surface area contributed by atoms with E-state index in [0.29, 0.717) is 22.0 Å². The standard InChI is InChI=1S/C26H20ClFN4O2/c1-17-2-4-18(5-3-17)24(25(33)31-21-10-8-20(28)9-11-21)32(22-12-6-19(27)7-13-22)26(34)23-16-29-14-15-30-23/h2-16,24H,1H3,(H,31,33)/t24-/m0/s1. The summed E-state index contributed by atoms with van der Waals surface area (Å²) in [6.45, 7) is 1.93. The highest BCUT2D eigenvalue weighted by Gasteiger charge is 2.34. The molecule has 0 saturated carbocycles. The number of anilines is 2. The number of carbonyl (C=O) groups is 2. The van der Waals surface area contributed by atoms with Crippen LogP contribution in [0.1, 0.15) is 27.7 Å². The van der Waals surface area contributed by atoms with Crippen LogP contribution in [-0.4, -0.2) is 21.8 Å². The Kier molecular flexibility index (Phi) is 6.94. The third kappa shape index (κ3) is 5.27. The Morgan fingerprint density at radius 2 is 1.62 bits per heavy atom. The van der Waals surface area contributed by atoms with Gasteiger partial charge >= 0.3 is 0 Å². The maximum Gasteiger partial charge on any atom is 0.279 e. The van der Waals surface area contributed by atoms with E-state index in [1.54, 1.807) is 36.4 Å². The maximum absolute atomic E-state index is 13.7. The highest BCUT2D eigenvalue weighted by Crippen LogP contribution is 2.31. The molecule has 0 aliphatic rings. The van der Waals surface area contributed by atoms with Crippen molar-refractivity contribution in [2.75, 3.05) is 10.2 Å². The molecule has 0 aliphatic heterocycles. The number of aryl methyl sites for hydroxylation is 1. The number of nitrogens with zero attached hydrogens (tertiary/aromatic N) is 3. The molecule has 0 fully saturated rings. The number of halogens is 2. The molecule has 3 aromatic carbocycles. The third-order valence-electron chi connectivity index (χ3n) is 5.12. The third-order valence-corrected chi connectivity index (χ3v) is 5.37. The summed E-state index contributed by atoms with van der Waals surface area (Å²) in [5.74, 6) is -1.42. The minimum atomic E-state index is -1.07. The van der Waals surface area contributed by atoms with Crippen molar-refractivity contribution in [2.24, 2.45) is 0 Å². The van der Waals surface area contributed by atoms with Crippen LogP contribution < -0.4 is 10.2 Å². The van der Waals surface area contributed by atoms with E-state index < -0.39 is 23.7 Å². The average molecular weight is 475 g/mol. The summed E-state index contributed by atoms with van der Waals surface area (Å²) in [6.07, 6.45) is 4.21. The molecule has 8 heteroatoms. The first kappa shape index (κ1) is 23.1. The maximum atomic E-state index is 13.7. The van der Waals surface area contributed by atoms with E-state index in [1.807, 2.05) is 19.1 Å². The van der Waals surface area contributed by atoms with Crippen LogP contribution in [0.15, 0.2) is 91.4 Å². The summed E-state index contributed by atoms with van der Waals surface area (Å²) in [7, 11) is 0. The Bertz CT molecular complexity index is 1280. The van der Waals surface area contributed by atoms with E-state index in [-0.39, 0.29) is 5.69 Å². The molecule has 0 radical (unpaired) electrons. The zero-order valence-electron chi connectivity index (χ0n) is 18.2. The fraction of sp³-hybridized carbons (Fsp3) is 0.0769. The van der Waals surface area contributed by atoms with Crippen molar-refractivity contribution in [1.29, 1.82) is 0 Å². The summed E-state index contributed by atoms with van der Waals surface area (Å²) < 4.78 is 13.4. The van der Waals surface area contributed by atoms with Gasteiger partial charge in [-0.3, -0.25) is 19.5 Å². The van der Waals surface area contributed by atoms with Gasteiger partial charge < -0.3 is 5.32 Å². The Hall–Kier alpha value is -4.10. The summed E-state index contributed by atoms with van der Waals surface area (Å²) in [5.41, 5.74) is 2.49. The Labute approximate surface area is 201 Å². The van der Waals surface area contributed by atoms with Gasteiger partial charge in [-0.2, -0.15) is 0 Å². The molecule has 1 aromatic heterocycles. The number of benzene rings is 3. The lowest BCUT2D eigenvalue weighted by molar-refractivity contribution is -0.117. The van der Waals surface area contributed by atoms with Crippen molar-refractivity contribution in [3.8, 4) is 0 Å². The molecular weight excluding hydrogens is 455 g/mol. The van der Waals surface area contributed by atoms with Gasteiger partial charge in [0.1, 0.15) is 17.6 Å². The van der Waals surface area contributed by atoms with E-state index in [0.717, 1.165) is 5.56 Å². The van der Waals surface area contributed by atoms with Crippen molar-refractivity contribution in [2.45, 2.75) is 13.0 Å². The first-order chi connectivity index (χ1) is 16.4. The Morgan fingerprint density at radius 3 is 2.24 bits per heavy atom. The normalized spacial score (nSPS) is 11.5. The molecule has 4 aromatic rings. The predicted octanol–water partition coefficient (Wildman–Crippen LogP) is 5.60. The second-order valence-electron chi connectivity index (χ2n) is 7.55. The quantitative estimate of drug-likeness (QED) is 0.394. The van der Waals surface area contributed by atoms with Crippen LogP contribution in [0.5, 0.6) is 0 Å². The molecule has 2 amide bonds. The van der Waals surface area contributed by atoms with Crippen LogP contribution in [0.25, 0.3) is 0 Å². The highest BCUT2D eigenvalue weighted by atomic mass is 35.5.